The zero-order valence-corrected chi connectivity index (χ0v) is 11.3. The van der Waals surface area contributed by atoms with E-state index in [0.29, 0.717) is 0 Å². The number of fused-ring (bicyclic) bond motifs is 1. The van der Waals surface area contributed by atoms with Crippen LogP contribution < -0.4 is 0 Å². The van der Waals surface area contributed by atoms with Gasteiger partial charge < -0.3 is 4.57 Å². The van der Waals surface area contributed by atoms with Crippen molar-refractivity contribution in [2.75, 3.05) is 0 Å². The third-order valence-electron chi connectivity index (χ3n) is 3.41. The highest BCUT2D eigenvalue weighted by Gasteiger charge is 2.12. The van der Waals surface area contributed by atoms with Crippen LogP contribution in [0.2, 0.25) is 0 Å². The maximum Gasteiger partial charge on any atom is 0.160 e. The predicted molar refractivity (Wildman–Crippen MR) is 77.2 cm³/mol. The van der Waals surface area contributed by atoms with Crippen molar-refractivity contribution in [1.29, 1.82) is 0 Å². The molecule has 0 aliphatic carbocycles. The number of benzene rings is 1. The van der Waals surface area contributed by atoms with Crippen molar-refractivity contribution in [3.05, 3.63) is 59.5 Å². The van der Waals surface area contributed by atoms with E-state index in [-0.39, 0.29) is 0 Å². The van der Waals surface area contributed by atoms with Gasteiger partial charge in [-0.05, 0) is 24.1 Å². The molecule has 2 heterocycles. The van der Waals surface area contributed by atoms with Crippen LogP contribution in [0.15, 0.2) is 42.6 Å². The van der Waals surface area contributed by atoms with E-state index in [1.807, 2.05) is 18.3 Å². The Bertz CT molecular complexity index is 699. The molecule has 0 saturated carbocycles. The number of hydrogen-bond acceptors (Lipinski definition) is 2. The maximum atomic E-state index is 4.73. The molecule has 3 aromatic rings. The Hall–Kier alpha value is -2.16. The molecule has 0 bridgehead atoms. The molecule has 0 atom stereocenters. The van der Waals surface area contributed by atoms with Crippen LogP contribution in [0, 0.1) is 6.92 Å². The van der Waals surface area contributed by atoms with Crippen molar-refractivity contribution < 1.29 is 0 Å². The fraction of sp³-hybridized carbons (Fsp3) is 0.250. The van der Waals surface area contributed by atoms with E-state index >= 15 is 0 Å². The molecule has 0 spiro atoms. The van der Waals surface area contributed by atoms with Crippen molar-refractivity contribution in [3.8, 4) is 0 Å². The van der Waals surface area contributed by atoms with Crippen molar-refractivity contribution >= 4 is 11.2 Å². The lowest BCUT2D eigenvalue weighted by atomic mass is 10.2. The van der Waals surface area contributed by atoms with Crippen LogP contribution >= 0.6 is 0 Å². The van der Waals surface area contributed by atoms with Gasteiger partial charge in [0.15, 0.2) is 5.65 Å². The number of hydrogen-bond donors (Lipinski definition) is 0. The summed E-state index contributed by atoms with van der Waals surface area (Å²) >= 11 is 0. The second kappa shape index (κ2) is 4.84. The maximum absolute atomic E-state index is 4.73. The van der Waals surface area contributed by atoms with Gasteiger partial charge in [0, 0.05) is 12.6 Å². The average Bonchev–Trinajstić information content (AvgIpc) is 2.80. The van der Waals surface area contributed by atoms with Gasteiger partial charge in [0.05, 0.1) is 6.54 Å². The third kappa shape index (κ3) is 2.12. The zero-order chi connectivity index (χ0) is 13.2. The van der Waals surface area contributed by atoms with Crippen LogP contribution in [0.1, 0.15) is 23.9 Å². The lowest BCUT2D eigenvalue weighted by molar-refractivity contribution is 0.746. The zero-order valence-electron chi connectivity index (χ0n) is 11.3. The summed E-state index contributed by atoms with van der Waals surface area (Å²) < 4.78 is 2.22. The number of aromatic nitrogens is 3. The summed E-state index contributed by atoms with van der Waals surface area (Å²) in [5.41, 5.74) is 4.47. The molecule has 0 saturated heterocycles. The normalized spacial score (nSPS) is 11.1. The molecular weight excluding hydrogens is 234 g/mol. The van der Waals surface area contributed by atoms with Crippen molar-refractivity contribution in [3.63, 3.8) is 0 Å². The van der Waals surface area contributed by atoms with E-state index in [1.54, 1.807) is 0 Å². The highest BCUT2D eigenvalue weighted by atomic mass is 15.1. The van der Waals surface area contributed by atoms with Gasteiger partial charge >= 0.3 is 0 Å². The van der Waals surface area contributed by atoms with Crippen molar-refractivity contribution in [2.24, 2.45) is 0 Å². The highest BCUT2D eigenvalue weighted by molar-refractivity contribution is 5.75. The molecule has 3 heteroatoms. The van der Waals surface area contributed by atoms with Crippen LogP contribution in [-0.4, -0.2) is 14.5 Å². The van der Waals surface area contributed by atoms with Crippen LogP contribution in [0.3, 0.4) is 0 Å². The highest BCUT2D eigenvalue weighted by Crippen LogP contribution is 2.19. The van der Waals surface area contributed by atoms with Crippen LogP contribution in [0.4, 0.5) is 0 Å². The largest absolute Gasteiger partial charge is 0.308 e. The van der Waals surface area contributed by atoms with E-state index in [9.17, 15) is 0 Å². The van der Waals surface area contributed by atoms with Gasteiger partial charge in [-0.15, -0.1) is 0 Å². The minimum atomic E-state index is 0.830. The molecule has 19 heavy (non-hydrogen) atoms. The lowest BCUT2D eigenvalue weighted by Crippen LogP contribution is -2.05. The minimum absolute atomic E-state index is 0.830. The smallest absolute Gasteiger partial charge is 0.160 e. The first-order valence-electron chi connectivity index (χ1n) is 6.64. The van der Waals surface area contributed by atoms with E-state index < -0.39 is 0 Å². The number of aryl methyl sites for hydroxylation is 2. The average molecular weight is 251 g/mol. The SMILES string of the molecule is CCc1nc2c(C)ccnc2n1Cc1ccccc1. The topological polar surface area (TPSA) is 30.7 Å². The van der Waals surface area contributed by atoms with Crippen molar-refractivity contribution in [1.82, 2.24) is 14.5 Å². The molecule has 3 nitrogen and oxygen atoms in total. The summed E-state index contributed by atoms with van der Waals surface area (Å²) in [5, 5.41) is 0. The van der Waals surface area contributed by atoms with Gasteiger partial charge in [-0.25, -0.2) is 9.97 Å². The van der Waals surface area contributed by atoms with Crippen LogP contribution in [0.5, 0.6) is 0 Å². The lowest BCUT2D eigenvalue weighted by Gasteiger charge is -2.07. The van der Waals surface area contributed by atoms with Gasteiger partial charge in [-0.1, -0.05) is 37.3 Å². The summed E-state index contributed by atoms with van der Waals surface area (Å²) in [5.74, 6) is 1.10. The Morgan fingerprint density at radius 3 is 2.63 bits per heavy atom. The molecule has 0 aliphatic heterocycles. The molecule has 0 aliphatic rings. The first kappa shape index (κ1) is 11.9. The molecule has 2 aromatic heterocycles. The van der Waals surface area contributed by atoms with Crippen molar-refractivity contribution in [2.45, 2.75) is 26.8 Å². The number of imidazole rings is 1. The Morgan fingerprint density at radius 1 is 1.11 bits per heavy atom. The van der Waals surface area contributed by atoms with Crippen LogP contribution in [0.25, 0.3) is 11.2 Å². The number of rotatable bonds is 3. The summed E-state index contributed by atoms with van der Waals surface area (Å²) in [6.45, 7) is 5.05. The fourth-order valence-corrected chi connectivity index (χ4v) is 2.39. The van der Waals surface area contributed by atoms with Gasteiger partial charge in [0.2, 0.25) is 0 Å². The Morgan fingerprint density at radius 2 is 1.89 bits per heavy atom. The Balaban J connectivity index is 2.14. The van der Waals surface area contributed by atoms with E-state index in [2.05, 4.69) is 47.7 Å². The second-order valence-electron chi connectivity index (χ2n) is 4.75. The summed E-state index contributed by atoms with van der Waals surface area (Å²) in [4.78, 5) is 9.23. The Labute approximate surface area is 112 Å². The number of nitrogens with zero attached hydrogens (tertiary/aromatic N) is 3. The summed E-state index contributed by atoms with van der Waals surface area (Å²) in [6.07, 6.45) is 2.78. The molecular formula is C16H17N3. The second-order valence-corrected chi connectivity index (χ2v) is 4.75. The standard InChI is InChI=1S/C16H17N3/c1-3-14-18-15-12(2)9-10-17-16(15)19(14)11-13-7-5-4-6-8-13/h4-10H,3,11H2,1-2H3. The monoisotopic (exact) mass is 251 g/mol. The molecule has 0 fully saturated rings. The Kier molecular flexibility index (Phi) is 3.03. The van der Waals surface area contributed by atoms with E-state index in [1.165, 1.54) is 11.1 Å². The molecule has 0 N–H and O–H groups in total. The molecule has 0 radical (unpaired) electrons. The first-order valence-corrected chi connectivity index (χ1v) is 6.64. The molecule has 3 rings (SSSR count). The molecule has 96 valence electrons. The van der Waals surface area contributed by atoms with Gasteiger partial charge in [-0.2, -0.15) is 0 Å². The quantitative estimate of drug-likeness (QED) is 0.714. The predicted octanol–water partition coefficient (Wildman–Crippen LogP) is 3.35. The fourth-order valence-electron chi connectivity index (χ4n) is 2.39. The molecule has 0 amide bonds. The summed E-state index contributed by atoms with van der Waals surface area (Å²) in [6, 6.07) is 12.5. The molecule has 1 aromatic carbocycles. The van der Waals surface area contributed by atoms with Gasteiger partial charge in [0.25, 0.3) is 0 Å². The van der Waals surface area contributed by atoms with Gasteiger partial charge in [0.1, 0.15) is 11.3 Å². The van der Waals surface area contributed by atoms with E-state index in [0.717, 1.165) is 30.0 Å². The summed E-state index contributed by atoms with van der Waals surface area (Å²) in [7, 11) is 0. The third-order valence-corrected chi connectivity index (χ3v) is 3.41. The number of pyridine rings is 1. The van der Waals surface area contributed by atoms with E-state index in [4.69, 9.17) is 4.98 Å². The molecule has 0 unspecified atom stereocenters. The first-order chi connectivity index (χ1) is 9.29. The minimum Gasteiger partial charge on any atom is -0.308 e. The van der Waals surface area contributed by atoms with Gasteiger partial charge in [-0.3, -0.25) is 0 Å². The van der Waals surface area contributed by atoms with Crippen LogP contribution in [-0.2, 0) is 13.0 Å².